The number of thioether (sulfide) groups is 1. The molecule has 0 saturated heterocycles. The Balaban J connectivity index is 1.54. The largest absolute Gasteiger partial charge is 0.321 e. The molecule has 2 N–H and O–H groups in total. The van der Waals surface area contributed by atoms with Gasteiger partial charge in [0.25, 0.3) is 5.91 Å². The highest BCUT2D eigenvalue weighted by molar-refractivity contribution is 7.98. The number of anilines is 2. The van der Waals surface area contributed by atoms with Crippen LogP contribution in [0.15, 0.2) is 113 Å². The minimum Gasteiger partial charge on any atom is -0.308 e. The summed E-state index contributed by atoms with van der Waals surface area (Å²) in [5.74, 6) is -0.713. The number of carbonyl (C=O) groups is 3. The molecule has 1 aliphatic rings. The van der Waals surface area contributed by atoms with Crippen molar-refractivity contribution in [3.05, 3.63) is 125 Å². The van der Waals surface area contributed by atoms with Gasteiger partial charge in [0.05, 0.1) is 23.6 Å². The summed E-state index contributed by atoms with van der Waals surface area (Å²) in [6, 6.07) is 31.0. The molecule has 4 aromatic carbocycles. The first-order chi connectivity index (χ1) is 19.5. The van der Waals surface area contributed by atoms with Gasteiger partial charge in [0.15, 0.2) is 5.78 Å². The third-order valence-corrected chi connectivity index (χ3v) is 7.42. The highest BCUT2D eigenvalue weighted by atomic mass is 32.2. The zero-order valence-corrected chi connectivity index (χ0v) is 22.9. The van der Waals surface area contributed by atoms with Crippen LogP contribution in [-0.2, 0) is 4.79 Å². The Morgan fingerprint density at radius 2 is 1.55 bits per heavy atom. The molecule has 40 heavy (non-hydrogen) atoms. The van der Waals surface area contributed by atoms with Crippen molar-refractivity contribution in [3.8, 4) is 0 Å². The van der Waals surface area contributed by atoms with Crippen molar-refractivity contribution in [2.75, 3.05) is 23.0 Å². The van der Waals surface area contributed by atoms with E-state index < -0.39 is 18.1 Å². The smallest absolute Gasteiger partial charge is 0.308 e. The maximum absolute atomic E-state index is 14.1. The number of nitrogens with zero attached hydrogens (tertiary/aromatic N) is 2. The molecule has 1 aliphatic heterocycles. The first-order valence-electron chi connectivity index (χ1n) is 12.8. The number of rotatable bonds is 7. The van der Waals surface area contributed by atoms with Gasteiger partial charge >= 0.3 is 6.03 Å². The Morgan fingerprint density at radius 1 is 0.875 bits per heavy atom. The summed E-state index contributed by atoms with van der Waals surface area (Å²) >= 11 is 1.50. The summed E-state index contributed by atoms with van der Waals surface area (Å²) in [7, 11) is 0. The Bertz CT molecular complexity index is 1600. The maximum Gasteiger partial charge on any atom is 0.321 e. The van der Waals surface area contributed by atoms with Crippen LogP contribution in [0.3, 0.4) is 0 Å². The summed E-state index contributed by atoms with van der Waals surface area (Å²) in [5, 5.41) is 5.58. The van der Waals surface area contributed by atoms with Gasteiger partial charge in [0, 0.05) is 21.6 Å². The molecule has 8 heteroatoms. The molecular weight excluding hydrogens is 520 g/mol. The van der Waals surface area contributed by atoms with E-state index in [1.54, 1.807) is 24.3 Å². The molecule has 3 amide bonds. The van der Waals surface area contributed by atoms with Crippen LogP contribution in [0.2, 0.25) is 0 Å². The number of Topliss-reactive ketones (excluding diaryl/α,β-unsaturated/α-hetero) is 1. The first kappa shape index (κ1) is 26.9. The molecule has 1 unspecified atom stereocenters. The molecule has 0 fully saturated rings. The van der Waals surface area contributed by atoms with Gasteiger partial charge in [-0.2, -0.15) is 0 Å². The molecule has 0 aliphatic carbocycles. The lowest BCUT2D eigenvalue weighted by molar-refractivity contribution is -0.120. The van der Waals surface area contributed by atoms with Gasteiger partial charge in [-0.05, 0) is 36.9 Å². The number of aliphatic imine (C=N–C) groups is 1. The second kappa shape index (κ2) is 12.0. The summed E-state index contributed by atoms with van der Waals surface area (Å²) in [6.07, 6.45) is 0.651. The van der Waals surface area contributed by atoms with Crippen LogP contribution in [0.1, 0.15) is 27.0 Å². The lowest BCUT2D eigenvalue weighted by Crippen LogP contribution is -2.50. The van der Waals surface area contributed by atoms with E-state index >= 15 is 0 Å². The fraction of sp³-hybridized carbons (Fsp3) is 0.125. The number of amides is 3. The second-order valence-corrected chi connectivity index (χ2v) is 10.1. The molecule has 1 heterocycles. The van der Waals surface area contributed by atoms with Crippen LogP contribution in [0.4, 0.5) is 16.2 Å². The van der Waals surface area contributed by atoms with E-state index in [0.29, 0.717) is 28.2 Å². The Kier molecular flexibility index (Phi) is 8.07. The van der Waals surface area contributed by atoms with E-state index in [1.165, 1.54) is 16.7 Å². The molecule has 0 aromatic heterocycles. The number of benzene rings is 4. The third-order valence-electron chi connectivity index (χ3n) is 6.63. The van der Waals surface area contributed by atoms with Crippen LogP contribution in [0.5, 0.6) is 0 Å². The van der Waals surface area contributed by atoms with E-state index in [1.807, 2.05) is 92.0 Å². The second-order valence-electron chi connectivity index (χ2n) is 9.22. The van der Waals surface area contributed by atoms with Crippen molar-refractivity contribution in [2.45, 2.75) is 18.0 Å². The molecule has 0 spiro atoms. The number of para-hydroxylation sites is 2. The molecule has 5 rings (SSSR count). The number of hydrogen-bond acceptors (Lipinski definition) is 5. The number of fused-ring (bicyclic) bond motifs is 1. The maximum atomic E-state index is 14.1. The average molecular weight is 549 g/mol. The molecule has 0 bridgehead atoms. The van der Waals surface area contributed by atoms with Crippen LogP contribution in [-0.4, -0.2) is 42.4 Å². The molecule has 0 radical (unpaired) electrons. The van der Waals surface area contributed by atoms with E-state index in [9.17, 15) is 14.4 Å². The lowest BCUT2D eigenvalue weighted by atomic mass is 9.99. The predicted molar refractivity (Wildman–Crippen MR) is 161 cm³/mol. The highest BCUT2D eigenvalue weighted by Crippen LogP contribution is 2.29. The van der Waals surface area contributed by atoms with Gasteiger partial charge in [-0.3, -0.25) is 9.59 Å². The van der Waals surface area contributed by atoms with Crippen molar-refractivity contribution < 1.29 is 14.4 Å². The summed E-state index contributed by atoms with van der Waals surface area (Å²) in [5.41, 5.74) is 4.56. The molecule has 200 valence electrons. The number of carbonyl (C=O) groups excluding carboxylic acids is 3. The fourth-order valence-electron chi connectivity index (χ4n) is 4.66. The van der Waals surface area contributed by atoms with Gasteiger partial charge in [0.1, 0.15) is 0 Å². The van der Waals surface area contributed by atoms with E-state index in [-0.39, 0.29) is 12.3 Å². The van der Waals surface area contributed by atoms with Crippen molar-refractivity contribution in [2.24, 2.45) is 4.99 Å². The lowest BCUT2D eigenvalue weighted by Gasteiger charge is -2.25. The van der Waals surface area contributed by atoms with Crippen LogP contribution in [0.25, 0.3) is 0 Å². The number of urea groups is 1. The average Bonchev–Trinajstić information content (AvgIpc) is 3.09. The summed E-state index contributed by atoms with van der Waals surface area (Å²) in [4.78, 5) is 47.8. The standard InChI is InChI=1S/C32H28N4O3S/c1-21-12-6-7-15-23(21)27(37)20-36-26-18-10-8-16-24(26)29(22-13-4-3-5-14-22)34-30(31(36)38)35-32(39)33-25-17-9-11-19-28(25)40-2/h3-19,30H,20H2,1-2H3,(H2,33,35,39). The Hall–Kier alpha value is -4.69. The third kappa shape index (κ3) is 5.67. The van der Waals surface area contributed by atoms with Crippen LogP contribution < -0.4 is 15.5 Å². The minimum absolute atomic E-state index is 0.201. The first-order valence-corrected chi connectivity index (χ1v) is 14.0. The van der Waals surface area contributed by atoms with E-state index in [0.717, 1.165) is 16.0 Å². The van der Waals surface area contributed by atoms with Gasteiger partial charge in [-0.1, -0.05) is 84.9 Å². The summed E-state index contributed by atoms with van der Waals surface area (Å²) < 4.78 is 0. The van der Waals surface area contributed by atoms with E-state index in [2.05, 4.69) is 10.6 Å². The van der Waals surface area contributed by atoms with Crippen molar-refractivity contribution >= 4 is 46.6 Å². The number of hydrogen-bond donors (Lipinski definition) is 2. The summed E-state index contributed by atoms with van der Waals surface area (Å²) in [6.45, 7) is 1.66. The predicted octanol–water partition coefficient (Wildman–Crippen LogP) is 5.93. The zero-order chi connectivity index (χ0) is 28.1. The van der Waals surface area contributed by atoms with E-state index in [4.69, 9.17) is 4.99 Å². The highest BCUT2D eigenvalue weighted by Gasteiger charge is 2.34. The molecule has 1 atom stereocenters. The minimum atomic E-state index is -1.27. The topological polar surface area (TPSA) is 90.9 Å². The SMILES string of the molecule is CSc1ccccc1NC(=O)NC1N=C(c2ccccc2)c2ccccc2N(CC(=O)c2ccccc2C)C1=O. The number of benzodiazepines with no additional fused rings is 1. The fourth-order valence-corrected chi connectivity index (χ4v) is 5.21. The normalized spacial score (nSPS) is 14.6. The van der Waals surface area contributed by atoms with Crippen molar-refractivity contribution in [1.82, 2.24) is 5.32 Å². The van der Waals surface area contributed by atoms with Crippen LogP contribution in [0, 0.1) is 6.92 Å². The molecule has 0 saturated carbocycles. The van der Waals surface area contributed by atoms with Gasteiger partial charge in [-0.25, -0.2) is 9.79 Å². The number of nitrogens with one attached hydrogen (secondary N) is 2. The van der Waals surface area contributed by atoms with Crippen molar-refractivity contribution in [3.63, 3.8) is 0 Å². The van der Waals surface area contributed by atoms with Gasteiger partial charge in [0.2, 0.25) is 6.17 Å². The number of aryl methyl sites for hydroxylation is 1. The molecule has 4 aromatic rings. The molecular formula is C32H28N4O3S. The van der Waals surface area contributed by atoms with Gasteiger partial charge in [-0.15, -0.1) is 11.8 Å². The number of ketones is 1. The Morgan fingerprint density at radius 3 is 2.33 bits per heavy atom. The quantitative estimate of drug-likeness (QED) is 0.221. The van der Waals surface area contributed by atoms with Crippen molar-refractivity contribution in [1.29, 1.82) is 0 Å². The van der Waals surface area contributed by atoms with Crippen LogP contribution >= 0.6 is 11.8 Å². The molecule has 7 nitrogen and oxygen atoms in total. The monoisotopic (exact) mass is 548 g/mol. The Labute approximate surface area is 237 Å². The zero-order valence-electron chi connectivity index (χ0n) is 22.1. The van der Waals surface area contributed by atoms with Gasteiger partial charge < -0.3 is 15.5 Å².